The summed E-state index contributed by atoms with van der Waals surface area (Å²) in [6.45, 7) is 4.09. The van der Waals surface area contributed by atoms with Crippen LogP contribution in [0.3, 0.4) is 0 Å². The number of nitrogens with zero attached hydrogens (tertiary/aromatic N) is 3. The normalized spacial score (nSPS) is 20.5. The summed E-state index contributed by atoms with van der Waals surface area (Å²) in [6.07, 6.45) is -0.350. The maximum Gasteiger partial charge on any atom is 0.252 e. The molecule has 1 aliphatic rings. The molecule has 0 saturated heterocycles. The summed E-state index contributed by atoms with van der Waals surface area (Å²) in [7, 11) is 1.76. The second-order valence-corrected chi connectivity index (χ2v) is 12.0. The van der Waals surface area contributed by atoms with Gasteiger partial charge in [-0.2, -0.15) is 4.31 Å². The molecule has 2 aromatic rings. The molecule has 0 bridgehead atoms. The molecule has 0 spiro atoms. The molecule has 1 aromatic heterocycles. The van der Waals surface area contributed by atoms with Crippen LogP contribution in [0.4, 0.5) is 5.69 Å². The van der Waals surface area contributed by atoms with Crippen LogP contribution < -0.4 is 9.64 Å². The SMILES string of the molecule is C[C@H]1CN([C@@H](C)CO)C(=O)Cc2cc(N(C)C)ccc2O[C@@H]1CN(C)S(=O)(=O)c1cccs1. The maximum atomic E-state index is 13.2. The summed E-state index contributed by atoms with van der Waals surface area (Å²) in [5.41, 5.74) is 1.68. The van der Waals surface area contributed by atoms with Crippen LogP contribution in [0.25, 0.3) is 0 Å². The lowest BCUT2D eigenvalue weighted by Gasteiger charge is -2.33. The van der Waals surface area contributed by atoms with Crippen molar-refractivity contribution in [1.82, 2.24) is 9.21 Å². The lowest BCUT2D eigenvalue weighted by atomic mass is 10.0. The van der Waals surface area contributed by atoms with Gasteiger partial charge in [0, 0.05) is 44.9 Å². The Morgan fingerprint density at radius 3 is 2.61 bits per heavy atom. The summed E-state index contributed by atoms with van der Waals surface area (Å²) < 4.78 is 34.0. The van der Waals surface area contributed by atoms with Crippen LogP contribution in [-0.4, -0.2) is 81.6 Å². The van der Waals surface area contributed by atoms with Crippen molar-refractivity contribution in [3.63, 3.8) is 0 Å². The number of aliphatic hydroxyl groups excluding tert-OH is 1. The number of hydrogen-bond acceptors (Lipinski definition) is 7. The van der Waals surface area contributed by atoms with E-state index < -0.39 is 16.1 Å². The number of thiophene rings is 1. The molecular formula is C23H33N3O5S2. The third kappa shape index (κ3) is 5.68. The van der Waals surface area contributed by atoms with Gasteiger partial charge in [-0.1, -0.05) is 13.0 Å². The fraction of sp³-hybridized carbons (Fsp3) is 0.522. The molecule has 0 unspecified atom stereocenters. The third-order valence-electron chi connectivity index (χ3n) is 6.01. The molecule has 0 fully saturated rings. The summed E-state index contributed by atoms with van der Waals surface area (Å²) in [5, 5.41) is 11.5. The second kappa shape index (κ2) is 10.4. The molecule has 2 heterocycles. The highest BCUT2D eigenvalue weighted by molar-refractivity contribution is 7.91. The van der Waals surface area contributed by atoms with E-state index in [0.29, 0.717) is 12.3 Å². The number of carbonyl (C=O) groups is 1. The number of aliphatic hydroxyl groups is 1. The van der Waals surface area contributed by atoms with Crippen LogP contribution in [0.2, 0.25) is 0 Å². The predicted octanol–water partition coefficient (Wildman–Crippen LogP) is 2.28. The van der Waals surface area contributed by atoms with E-state index in [4.69, 9.17) is 4.74 Å². The monoisotopic (exact) mass is 495 g/mol. The quantitative estimate of drug-likeness (QED) is 0.634. The van der Waals surface area contributed by atoms with Gasteiger partial charge in [0.25, 0.3) is 10.0 Å². The molecule has 1 N–H and O–H groups in total. The van der Waals surface area contributed by atoms with Crippen molar-refractivity contribution in [3.8, 4) is 5.75 Å². The van der Waals surface area contributed by atoms with Crippen molar-refractivity contribution in [2.45, 2.75) is 36.6 Å². The zero-order chi connectivity index (χ0) is 24.3. The number of anilines is 1. The van der Waals surface area contributed by atoms with E-state index in [-0.39, 0.29) is 41.6 Å². The third-order valence-corrected chi connectivity index (χ3v) is 9.21. The smallest absolute Gasteiger partial charge is 0.252 e. The highest BCUT2D eigenvalue weighted by Crippen LogP contribution is 2.30. The largest absolute Gasteiger partial charge is 0.488 e. The molecule has 1 amide bonds. The fourth-order valence-corrected chi connectivity index (χ4v) is 6.21. The van der Waals surface area contributed by atoms with Gasteiger partial charge in [-0.25, -0.2) is 8.42 Å². The zero-order valence-electron chi connectivity index (χ0n) is 19.8. The molecule has 1 aliphatic heterocycles. The van der Waals surface area contributed by atoms with Crippen LogP contribution >= 0.6 is 11.3 Å². The second-order valence-electron chi connectivity index (χ2n) is 8.79. The van der Waals surface area contributed by atoms with Gasteiger partial charge >= 0.3 is 0 Å². The average molecular weight is 496 g/mol. The van der Waals surface area contributed by atoms with Crippen molar-refractivity contribution in [1.29, 1.82) is 0 Å². The van der Waals surface area contributed by atoms with Crippen LogP contribution in [0.5, 0.6) is 5.75 Å². The fourth-order valence-electron chi connectivity index (χ4n) is 3.83. The molecule has 182 valence electrons. The van der Waals surface area contributed by atoms with Gasteiger partial charge in [0.15, 0.2) is 0 Å². The lowest BCUT2D eigenvalue weighted by molar-refractivity contribution is -0.134. The number of rotatable bonds is 7. The van der Waals surface area contributed by atoms with Gasteiger partial charge in [-0.05, 0) is 36.6 Å². The molecular weight excluding hydrogens is 462 g/mol. The van der Waals surface area contributed by atoms with Gasteiger partial charge in [0.2, 0.25) is 5.91 Å². The zero-order valence-corrected chi connectivity index (χ0v) is 21.4. The average Bonchev–Trinajstić information content (AvgIpc) is 3.33. The molecule has 0 saturated carbocycles. The highest BCUT2D eigenvalue weighted by atomic mass is 32.2. The van der Waals surface area contributed by atoms with E-state index in [9.17, 15) is 18.3 Å². The number of amides is 1. The van der Waals surface area contributed by atoms with Crippen molar-refractivity contribution in [3.05, 3.63) is 41.3 Å². The van der Waals surface area contributed by atoms with Crippen molar-refractivity contribution >= 4 is 33.0 Å². The van der Waals surface area contributed by atoms with E-state index >= 15 is 0 Å². The van der Waals surface area contributed by atoms with Crippen LogP contribution in [0, 0.1) is 5.92 Å². The molecule has 0 radical (unpaired) electrons. The molecule has 3 rings (SSSR count). The van der Waals surface area contributed by atoms with E-state index in [0.717, 1.165) is 11.3 Å². The predicted molar refractivity (Wildman–Crippen MR) is 130 cm³/mol. The Balaban J connectivity index is 1.98. The van der Waals surface area contributed by atoms with Gasteiger partial charge in [-0.15, -0.1) is 11.3 Å². The van der Waals surface area contributed by atoms with E-state index in [1.54, 1.807) is 29.5 Å². The summed E-state index contributed by atoms with van der Waals surface area (Å²) in [6, 6.07) is 8.63. The number of carbonyl (C=O) groups excluding carboxylic acids is 1. The standard InChI is InChI=1S/C23H33N3O5S2/c1-16-13-26(17(2)15-27)22(28)12-18-11-19(24(3)4)8-9-20(18)31-21(16)14-25(5)33(29,30)23-7-6-10-32-23/h6-11,16-17,21,27H,12-15H2,1-5H3/t16-,17-,21+/m0/s1. The Morgan fingerprint density at radius 1 is 1.27 bits per heavy atom. The topological polar surface area (TPSA) is 90.4 Å². The Hall–Kier alpha value is -2.14. The van der Waals surface area contributed by atoms with Crippen molar-refractivity contribution in [2.24, 2.45) is 5.92 Å². The Kier molecular flexibility index (Phi) is 8.04. The molecule has 1 aromatic carbocycles. The molecule has 8 nitrogen and oxygen atoms in total. The summed E-state index contributed by atoms with van der Waals surface area (Å²) in [4.78, 5) is 16.8. The van der Waals surface area contributed by atoms with Gasteiger partial charge < -0.3 is 19.6 Å². The first-order chi connectivity index (χ1) is 15.5. The highest BCUT2D eigenvalue weighted by Gasteiger charge is 2.33. The number of likely N-dealkylation sites (N-methyl/N-ethyl adjacent to an activating group) is 1. The van der Waals surface area contributed by atoms with Gasteiger partial charge in [0.05, 0.1) is 25.6 Å². The molecule has 10 heteroatoms. The number of fused-ring (bicyclic) bond motifs is 1. The Labute approximate surface area is 200 Å². The number of sulfonamides is 1. The Morgan fingerprint density at radius 2 is 2.00 bits per heavy atom. The van der Waals surface area contributed by atoms with Crippen molar-refractivity contribution in [2.75, 3.05) is 45.7 Å². The van der Waals surface area contributed by atoms with Crippen LogP contribution in [0.1, 0.15) is 19.4 Å². The van der Waals surface area contributed by atoms with Crippen LogP contribution in [-0.2, 0) is 21.2 Å². The first-order valence-corrected chi connectivity index (χ1v) is 13.2. The molecule has 0 aliphatic carbocycles. The Bertz CT molecular complexity index is 1060. The summed E-state index contributed by atoms with van der Waals surface area (Å²) in [5.74, 6) is 0.305. The van der Waals surface area contributed by atoms with Gasteiger partial charge in [0.1, 0.15) is 16.1 Å². The lowest BCUT2D eigenvalue weighted by Crippen LogP contribution is -2.48. The number of benzene rings is 1. The maximum absolute atomic E-state index is 13.2. The minimum absolute atomic E-state index is 0.0932. The van der Waals surface area contributed by atoms with E-state index in [1.807, 2.05) is 51.0 Å². The van der Waals surface area contributed by atoms with E-state index in [1.165, 1.54) is 15.6 Å². The van der Waals surface area contributed by atoms with Crippen LogP contribution in [0.15, 0.2) is 39.9 Å². The first-order valence-electron chi connectivity index (χ1n) is 10.9. The van der Waals surface area contributed by atoms with Gasteiger partial charge in [-0.3, -0.25) is 4.79 Å². The van der Waals surface area contributed by atoms with E-state index in [2.05, 4.69) is 0 Å². The minimum atomic E-state index is -3.64. The first kappa shape index (κ1) is 25.5. The van der Waals surface area contributed by atoms with Crippen molar-refractivity contribution < 1.29 is 23.1 Å². The molecule has 3 atom stereocenters. The minimum Gasteiger partial charge on any atom is -0.488 e. The summed E-state index contributed by atoms with van der Waals surface area (Å²) >= 11 is 1.18. The number of ether oxygens (including phenoxy) is 1. The number of hydrogen-bond donors (Lipinski definition) is 1. The molecule has 33 heavy (non-hydrogen) atoms.